The van der Waals surface area contributed by atoms with Crippen LogP contribution in [0.1, 0.15) is 107 Å². The van der Waals surface area contributed by atoms with Crippen LogP contribution in [0, 0.1) is 28.6 Å². The van der Waals surface area contributed by atoms with Crippen molar-refractivity contribution >= 4 is 0 Å². The first kappa shape index (κ1) is 24.7. The number of aliphatic hydroxyl groups is 1. The molecule has 3 atom stereocenters. The highest BCUT2D eigenvalue weighted by Gasteiger charge is 2.37. The van der Waals surface area contributed by atoms with Gasteiger partial charge in [-0.2, -0.15) is 0 Å². The van der Waals surface area contributed by atoms with E-state index in [0.29, 0.717) is 28.6 Å². The second-order valence-electron chi connectivity index (χ2n) is 12.1. The standard InChI is InChI=1S/C27H48O2/c1-9-26(5,6)23(19-25(2,3)4)20-13-12-14-21(18-17-20)24(28)29-27(7,8)22-15-10-11-16-22/h14,17-18,20,22-24,28H,9-13,15-16,19H2,1-8H3. The molecule has 2 rings (SSSR count). The molecule has 0 aromatic rings. The number of ether oxygens (including phenoxy) is 1. The van der Waals surface area contributed by atoms with Crippen molar-refractivity contribution < 1.29 is 9.84 Å². The maximum Gasteiger partial charge on any atom is 0.181 e. The van der Waals surface area contributed by atoms with E-state index in [0.717, 1.165) is 18.4 Å². The second-order valence-corrected chi connectivity index (χ2v) is 12.1. The maximum absolute atomic E-state index is 10.9. The molecule has 168 valence electrons. The van der Waals surface area contributed by atoms with Gasteiger partial charge in [-0.15, -0.1) is 0 Å². The number of hydrogen-bond acceptors (Lipinski definition) is 2. The van der Waals surface area contributed by atoms with Crippen molar-refractivity contribution in [1.82, 2.24) is 0 Å². The van der Waals surface area contributed by atoms with Crippen LogP contribution in [0.15, 0.2) is 23.8 Å². The Bertz CT molecular complexity index is 570. The molecule has 2 aliphatic carbocycles. The largest absolute Gasteiger partial charge is 0.364 e. The summed E-state index contributed by atoms with van der Waals surface area (Å²) in [6.45, 7) is 18.6. The third kappa shape index (κ3) is 6.96. The van der Waals surface area contributed by atoms with Gasteiger partial charge in [0, 0.05) is 5.57 Å². The molecule has 0 radical (unpaired) electrons. The topological polar surface area (TPSA) is 29.5 Å². The van der Waals surface area contributed by atoms with E-state index in [4.69, 9.17) is 4.74 Å². The Morgan fingerprint density at radius 2 is 1.66 bits per heavy atom. The zero-order chi connectivity index (χ0) is 21.9. The first-order valence-corrected chi connectivity index (χ1v) is 12.1. The van der Waals surface area contributed by atoms with E-state index in [1.165, 1.54) is 38.5 Å². The molecule has 2 nitrogen and oxygen atoms in total. The van der Waals surface area contributed by atoms with E-state index in [2.05, 4.69) is 73.6 Å². The molecule has 0 aromatic heterocycles. The molecule has 0 aromatic carbocycles. The van der Waals surface area contributed by atoms with Crippen molar-refractivity contribution in [3.05, 3.63) is 23.8 Å². The van der Waals surface area contributed by atoms with Gasteiger partial charge in [-0.25, -0.2) is 0 Å². The predicted octanol–water partition coefficient (Wildman–Crippen LogP) is 7.67. The molecule has 3 unspecified atom stereocenters. The molecule has 1 fully saturated rings. The molecule has 0 aliphatic heterocycles. The molecule has 1 N–H and O–H groups in total. The van der Waals surface area contributed by atoms with E-state index in [1.807, 2.05) is 0 Å². The summed E-state index contributed by atoms with van der Waals surface area (Å²) in [5.74, 6) is 1.75. The summed E-state index contributed by atoms with van der Waals surface area (Å²) in [4.78, 5) is 0. The first-order valence-electron chi connectivity index (χ1n) is 12.1. The summed E-state index contributed by atoms with van der Waals surface area (Å²) >= 11 is 0. The van der Waals surface area contributed by atoms with Gasteiger partial charge in [0.25, 0.3) is 0 Å². The van der Waals surface area contributed by atoms with Gasteiger partial charge in [0.1, 0.15) is 0 Å². The van der Waals surface area contributed by atoms with Gasteiger partial charge in [-0.05, 0) is 74.5 Å². The van der Waals surface area contributed by atoms with Gasteiger partial charge in [-0.3, -0.25) is 0 Å². The zero-order valence-corrected chi connectivity index (χ0v) is 20.6. The molecule has 0 saturated heterocycles. The van der Waals surface area contributed by atoms with Crippen LogP contribution in [-0.2, 0) is 4.74 Å². The molecular formula is C27H48O2. The van der Waals surface area contributed by atoms with Crippen LogP contribution in [0.2, 0.25) is 0 Å². The fourth-order valence-electron chi connectivity index (χ4n) is 5.36. The summed E-state index contributed by atoms with van der Waals surface area (Å²) in [6.07, 6.45) is 15.5. The van der Waals surface area contributed by atoms with Crippen LogP contribution >= 0.6 is 0 Å². The lowest BCUT2D eigenvalue weighted by Gasteiger charge is -2.41. The van der Waals surface area contributed by atoms with Gasteiger partial charge in [0.15, 0.2) is 6.29 Å². The van der Waals surface area contributed by atoms with Crippen molar-refractivity contribution in [3.63, 3.8) is 0 Å². The lowest BCUT2D eigenvalue weighted by Crippen LogP contribution is -2.37. The minimum Gasteiger partial charge on any atom is -0.364 e. The number of hydrogen-bond donors (Lipinski definition) is 1. The molecule has 1 saturated carbocycles. The summed E-state index contributed by atoms with van der Waals surface area (Å²) in [7, 11) is 0. The normalized spacial score (nSPS) is 24.3. The lowest BCUT2D eigenvalue weighted by atomic mass is 9.64. The molecule has 2 aliphatic rings. The van der Waals surface area contributed by atoms with Crippen LogP contribution in [0.4, 0.5) is 0 Å². The van der Waals surface area contributed by atoms with E-state index < -0.39 is 6.29 Å². The second kappa shape index (κ2) is 9.69. The summed E-state index contributed by atoms with van der Waals surface area (Å²) in [5.41, 5.74) is 1.31. The fourth-order valence-corrected chi connectivity index (χ4v) is 5.36. The van der Waals surface area contributed by atoms with Crippen LogP contribution in [0.25, 0.3) is 0 Å². The quantitative estimate of drug-likeness (QED) is 0.420. The van der Waals surface area contributed by atoms with Crippen LogP contribution in [-0.4, -0.2) is 17.0 Å². The van der Waals surface area contributed by atoms with Gasteiger partial charge in [0.2, 0.25) is 0 Å². The van der Waals surface area contributed by atoms with Crippen LogP contribution in [0.3, 0.4) is 0 Å². The Hall–Kier alpha value is -0.600. The third-order valence-corrected chi connectivity index (χ3v) is 7.72. The summed E-state index contributed by atoms with van der Waals surface area (Å²) < 4.78 is 6.22. The summed E-state index contributed by atoms with van der Waals surface area (Å²) in [5, 5.41) is 10.9. The Kier molecular flexibility index (Phi) is 8.24. The minimum absolute atomic E-state index is 0.269. The average Bonchev–Trinajstić information content (AvgIpc) is 3.05. The molecule has 29 heavy (non-hydrogen) atoms. The summed E-state index contributed by atoms with van der Waals surface area (Å²) in [6, 6.07) is 0. The monoisotopic (exact) mass is 404 g/mol. The molecular weight excluding hydrogens is 356 g/mol. The molecule has 0 heterocycles. The van der Waals surface area contributed by atoms with Crippen molar-refractivity contribution in [1.29, 1.82) is 0 Å². The van der Waals surface area contributed by atoms with E-state index in [-0.39, 0.29) is 5.60 Å². The predicted molar refractivity (Wildman–Crippen MR) is 125 cm³/mol. The van der Waals surface area contributed by atoms with E-state index in [9.17, 15) is 5.11 Å². The van der Waals surface area contributed by atoms with Crippen LogP contribution in [0.5, 0.6) is 0 Å². The highest BCUT2D eigenvalue weighted by molar-refractivity contribution is 5.24. The maximum atomic E-state index is 10.9. The van der Waals surface area contributed by atoms with Crippen molar-refractivity contribution in [2.75, 3.05) is 0 Å². The Balaban J connectivity index is 2.10. The van der Waals surface area contributed by atoms with Crippen molar-refractivity contribution in [2.24, 2.45) is 28.6 Å². The van der Waals surface area contributed by atoms with Crippen molar-refractivity contribution in [3.8, 4) is 0 Å². The van der Waals surface area contributed by atoms with Gasteiger partial charge in [0.05, 0.1) is 5.60 Å². The number of rotatable bonds is 8. The molecule has 2 heteroatoms. The molecule has 0 amide bonds. The Morgan fingerprint density at radius 3 is 2.21 bits per heavy atom. The zero-order valence-electron chi connectivity index (χ0n) is 20.6. The average molecular weight is 405 g/mol. The highest BCUT2D eigenvalue weighted by Crippen LogP contribution is 2.45. The third-order valence-electron chi connectivity index (χ3n) is 7.72. The minimum atomic E-state index is -0.819. The SMILES string of the molecule is CCC(C)(C)C(CC(C)(C)C)C1C=CC(C(O)OC(C)(C)C2CCCC2)=CCC1. The first-order chi connectivity index (χ1) is 13.4. The highest BCUT2D eigenvalue weighted by atomic mass is 16.6. The lowest BCUT2D eigenvalue weighted by molar-refractivity contribution is -0.171. The van der Waals surface area contributed by atoms with Gasteiger partial charge < -0.3 is 9.84 Å². The Morgan fingerprint density at radius 1 is 1.03 bits per heavy atom. The fraction of sp³-hybridized carbons (Fsp3) is 0.852. The van der Waals surface area contributed by atoms with Gasteiger partial charge in [-0.1, -0.05) is 79.0 Å². The van der Waals surface area contributed by atoms with E-state index >= 15 is 0 Å². The molecule has 0 bridgehead atoms. The Labute approximate surface area is 181 Å². The number of allylic oxidation sites excluding steroid dienone is 2. The van der Waals surface area contributed by atoms with Crippen LogP contribution < -0.4 is 0 Å². The van der Waals surface area contributed by atoms with Gasteiger partial charge >= 0.3 is 0 Å². The number of aliphatic hydroxyl groups excluding tert-OH is 1. The van der Waals surface area contributed by atoms with Crippen molar-refractivity contribution in [2.45, 2.75) is 119 Å². The molecule has 0 spiro atoms. The van der Waals surface area contributed by atoms with E-state index in [1.54, 1.807) is 0 Å². The smallest absolute Gasteiger partial charge is 0.181 e.